The highest BCUT2D eigenvalue weighted by atomic mass is 16.7. The minimum absolute atomic E-state index is 0.0513. The Kier molecular flexibility index (Phi) is 5.28. The Labute approximate surface area is 128 Å². The van der Waals surface area contributed by atoms with Gasteiger partial charge in [0.15, 0.2) is 0 Å². The molecule has 2 fully saturated rings. The Balaban J connectivity index is 1.89. The van der Waals surface area contributed by atoms with Crippen LogP contribution in [0.3, 0.4) is 0 Å². The fourth-order valence-corrected chi connectivity index (χ4v) is 2.49. The van der Waals surface area contributed by atoms with Crippen molar-refractivity contribution < 1.29 is 14.1 Å². The van der Waals surface area contributed by atoms with Crippen LogP contribution in [0.2, 0.25) is 5.82 Å². The summed E-state index contributed by atoms with van der Waals surface area (Å²) >= 11 is 0. The fraction of sp³-hybridized carbons (Fsp3) is 0.812. The van der Waals surface area contributed by atoms with Crippen LogP contribution in [0.1, 0.15) is 47.0 Å². The second-order valence-corrected chi connectivity index (χ2v) is 7.25. The van der Waals surface area contributed by atoms with Gasteiger partial charge in [0.1, 0.15) is 6.29 Å². The number of aldehydes is 1. The maximum absolute atomic E-state index is 10.6. The van der Waals surface area contributed by atoms with Crippen LogP contribution in [-0.4, -0.2) is 37.7 Å². The molecule has 0 aromatic heterocycles. The van der Waals surface area contributed by atoms with Crippen molar-refractivity contribution in [2.45, 2.75) is 64.0 Å². The van der Waals surface area contributed by atoms with E-state index in [1.807, 2.05) is 33.8 Å². The zero-order valence-electron chi connectivity index (χ0n) is 13.7. The molecule has 2 aliphatic rings. The van der Waals surface area contributed by atoms with E-state index in [-0.39, 0.29) is 24.1 Å². The van der Waals surface area contributed by atoms with Crippen LogP contribution in [0.4, 0.5) is 0 Å². The summed E-state index contributed by atoms with van der Waals surface area (Å²) in [6.07, 6.45) is 8.24. The van der Waals surface area contributed by atoms with Gasteiger partial charge in [-0.2, -0.15) is 0 Å². The third-order valence-corrected chi connectivity index (χ3v) is 4.86. The van der Waals surface area contributed by atoms with Crippen molar-refractivity contribution in [3.05, 3.63) is 12.2 Å². The van der Waals surface area contributed by atoms with Gasteiger partial charge in [-0.25, -0.2) is 0 Å². The molecule has 0 unspecified atom stereocenters. The largest absolute Gasteiger partial charge is 0.466 e. The van der Waals surface area contributed by atoms with Gasteiger partial charge in [-0.1, -0.05) is 18.9 Å². The lowest BCUT2D eigenvalue weighted by atomic mass is 9.71. The third-order valence-electron chi connectivity index (χ3n) is 4.86. The second kappa shape index (κ2) is 6.63. The molecule has 4 nitrogen and oxygen atoms in total. The van der Waals surface area contributed by atoms with Crippen molar-refractivity contribution in [1.29, 1.82) is 0 Å². The van der Waals surface area contributed by atoms with Crippen LogP contribution in [0.5, 0.6) is 0 Å². The number of carbonyl (C=O) groups excluding carboxylic acids is 1. The molecule has 0 bridgehead atoms. The highest BCUT2D eigenvalue weighted by Gasteiger charge is 2.53. The molecular formula is C16H28BNO3. The summed E-state index contributed by atoms with van der Waals surface area (Å²) in [7, 11) is -0.306. The number of hydrogen-bond donors (Lipinski definition) is 1. The molecule has 0 amide bonds. The zero-order chi connectivity index (χ0) is 15.5. The minimum atomic E-state index is -0.334. The first-order chi connectivity index (χ1) is 9.86. The molecule has 0 radical (unpaired) electrons. The van der Waals surface area contributed by atoms with E-state index in [2.05, 4.69) is 5.32 Å². The van der Waals surface area contributed by atoms with Gasteiger partial charge in [-0.05, 0) is 59.2 Å². The molecule has 1 saturated carbocycles. The Morgan fingerprint density at radius 1 is 1.24 bits per heavy atom. The summed E-state index contributed by atoms with van der Waals surface area (Å²) in [6.45, 7) is 9.99. The maximum Gasteiger partial charge on any atom is 0.466 e. The summed E-state index contributed by atoms with van der Waals surface area (Å²) in [5.41, 5.74) is -0.669. The van der Waals surface area contributed by atoms with Gasteiger partial charge in [0.25, 0.3) is 0 Å². The first-order valence-corrected chi connectivity index (χ1v) is 8.04. The predicted molar refractivity (Wildman–Crippen MR) is 85.2 cm³/mol. The van der Waals surface area contributed by atoms with Crippen LogP contribution in [0.25, 0.3) is 0 Å². The lowest BCUT2D eigenvalue weighted by Gasteiger charge is -2.32. The van der Waals surface area contributed by atoms with Gasteiger partial charge in [-0.15, -0.1) is 0 Å². The van der Waals surface area contributed by atoms with E-state index in [9.17, 15) is 4.79 Å². The third kappa shape index (κ3) is 4.41. The summed E-state index contributed by atoms with van der Waals surface area (Å²) in [4.78, 5) is 10.6. The van der Waals surface area contributed by atoms with Crippen LogP contribution in [-0.2, 0) is 14.1 Å². The van der Waals surface area contributed by atoms with E-state index >= 15 is 0 Å². The van der Waals surface area contributed by atoms with Gasteiger partial charge in [0, 0.05) is 5.82 Å². The number of hydrogen-bond acceptors (Lipinski definition) is 4. The quantitative estimate of drug-likeness (QED) is 0.323. The summed E-state index contributed by atoms with van der Waals surface area (Å²) in [5.74, 6) is 0.980. The van der Waals surface area contributed by atoms with E-state index in [1.165, 1.54) is 25.3 Å². The molecular weight excluding hydrogens is 265 g/mol. The number of rotatable bonds is 8. The van der Waals surface area contributed by atoms with Crippen LogP contribution in [0.15, 0.2) is 12.2 Å². The normalized spacial score (nSPS) is 25.4. The molecule has 0 aromatic rings. The average Bonchev–Trinajstić information content (AvgIpc) is 3.16. The second-order valence-electron chi connectivity index (χ2n) is 7.25. The first kappa shape index (κ1) is 16.7. The standard InChI is InChI=1S/C16H28BNO3/c1-15(2)16(3,4)21-17(20-15)14(6-5-11-19)12-18-10-9-13-7-8-13/h5-6,11,13-14,18H,7-10,12H2,1-4H3/b6-5-/t14-/m0/s1. The highest BCUT2D eigenvalue weighted by molar-refractivity contribution is 6.48. The summed E-state index contributed by atoms with van der Waals surface area (Å²) in [6, 6.07) is 0. The highest BCUT2D eigenvalue weighted by Crippen LogP contribution is 2.40. The Bertz CT molecular complexity index is 375. The van der Waals surface area contributed by atoms with Crippen LogP contribution in [0, 0.1) is 5.92 Å². The molecule has 0 aromatic carbocycles. The molecule has 21 heavy (non-hydrogen) atoms. The van der Waals surface area contributed by atoms with Crippen molar-refractivity contribution in [2.75, 3.05) is 13.1 Å². The Hall–Kier alpha value is -0.645. The fourth-order valence-electron chi connectivity index (χ4n) is 2.49. The SMILES string of the molecule is CC1(C)OB([C@@H](/C=C\C=O)CNCCC2CC2)OC1(C)C. The van der Waals surface area contributed by atoms with Crippen molar-refractivity contribution in [1.82, 2.24) is 5.32 Å². The molecule has 0 spiro atoms. The molecule has 1 heterocycles. The van der Waals surface area contributed by atoms with Gasteiger partial charge < -0.3 is 14.6 Å². The lowest BCUT2D eigenvalue weighted by molar-refractivity contribution is -0.104. The molecule has 1 aliphatic heterocycles. The maximum atomic E-state index is 10.6. The average molecular weight is 293 g/mol. The molecule has 1 N–H and O–H groups in total. The van der Waals surface area contributed by atoms with E-state index in [1.54, 1.807) is 0 Å². The van der Waals surface area contributed by atoms with Crippen LogP contribution < -0.4 is 5.32 Å². The molecule has 1 saturated heterocycles. The minimum Gasteiger partial charge on any atom is -0.403 e. The van der Waals surface area contributed by atoms with Crippen molar-refractivity contribution >= 4 is 13.4 Å². The summed E-state index contributed by atoms with van der Waals surface area (Å²) < 4.78 is 12.2. The van der Waals surface area contributed by atoms with E-state index in [4.69, 9.17) is 9.31 Å². The Morgan fingerprint density at radius 2 is 1.86 bits per heavy atom. The molecule has 2 rings (SSSR count). The summed E-state index contributed by atoms with van der Waals surface area (Å²) in [5, 5.41) is 3.47. The molecule has 1 aliphatic carbocycles. The number of carbonyl (C=O) groups is 1. The van der Waals surface area contributed by atoms with Crippen molar-refractivity contribution in [3.63, 3.8) is 0 Å². The topological polar surface area (TPSA) is 47.6 Å². The van der Waals surface area contributed by atoms with Gasteiger partial charge in [0.2, 0.25) is 0 Å². The first-order valence-electron chi connectivity index (χ1n) is 8.04. The van der Waals surface area contributed by atoms with Gasteiger partial charge >= 0.3 is 7.12 Å². The molecule has 118 valence electrons. The number of allylic oxidation sites excluding steroid dienone is 1. The Morgan fingerprint density at radius 3 is 2.38 bits per heavy atom. The number of nitrogens with one attached hydrogen (secondary N) is 1. The zero-order valence-corrected chi connectivity index (χ0v) is 13.7. The van der Waals surface area contributed by atoms with E-state index in [0.29, 0.717) is 0 Å². The van der Waals surface area contributed by atoms with E-state index < -0.39 is 0 Å². The smallest absolute Gasteiger partial charge is 0.403 e. The predicted octanol–water partition coefficient (Wildman–Crippen LogP) is 2.59. The monoisotopic (exact) mass is 293 g/mol. The molecule has 1 atom stereocenters. The van der Waals surface area contributed by atoms with Gasteiger partial charge in [-0.3, -0.25) is 4.79 Å². The molecule has 5 heteroatoms. The van der Waals surface area contributed by atoms with Gasteiger partial charge in [0.05, 0.1) is 11.2 Å². The van der Waals surface area contributed by atoms with E-state index in [0.717, 1.165) is 25.3 Å². The van der Waals surface area contributed by atoms with Crippen molar-refractivity contribution in [2.24, 2.45) is 5.92 Å². The van der Waals surface area contributed by atoms with Crippen LogP contribution >= 0.6 is 0 Å². The van der Waals surface area contributed by atoms with Crippen molar-refractivity contribution in [3.8, 4) is 0 Å². The lowest BCUT2D eigenvalue weighted by Crippen LogP contribution is -2.41.